The van der Waals surface area contributed by atoms with Crippen molar-refractivity contribution in [1.29, 1.82) is 5.41 Å². The molecule has 1 nitrogen and oxygen atoms in total. The lowest BCUT2D eigenvalue weighted by molar-refractivity contribution is 1.58. The molecule has 5 heavy (non-hydrogen) atoms. The monoisotopic (exact) mass is 87.0 g/mol. The van der Waals surface area contributed by atoms with E-state index in [2.05, 4.69) is 9.24 Å². The zero-order valence-electron chi connectivity index (χ0n) is 2.81. The van der Waals surface area contributed by atoms with E-state index < -0.39 is 0 Å². The molecule has 1 atom stereocenters. The summed E-state index contributed by atoms with van der Waals surface area (Å²) >= 11 is 0. The van der Waals surface area contributed by atoms with Gasteiger partial charge in [0.1, 0.15) is 0 Å². The van der Waals surface area contributed by atoms with Crippen LogP contribution in [0.4, 0.5) is 0 Å². The second kappa shape index (κ2) is 3.84. The van der Waals surface area contributed by atoms with Crippen LogP contribution in [-0.4, -0.2) is 6.21 Å². The average molecular weight is 87.1 g/mol. The van der Waals surface area contributed by atoms with Crippen molar-refractivity contribution in [1.82, 2.24) is 0 Å². The maximum absolute atomic E-state index is 6.38. The lowest BCUT2D eigenvalue weighted by atomic mass is 10.7. The van der Waals surface area contributed by atoms with Gasteiger partial charge in [0, 0.05) is 6.21 Å². The quantitative estimate of drug-likeness (QED) is 0.364. The molecule has 1 N–H and O–H groups in total. The summed E-state index contributed by atoms with van der Waals surface area (Å²) in [5.74, 6) is 1.73. The van der Waals surface area contributed by atoms with E-state index in [1.165, 1.54) is 6.21 Å². The van der Waals surface area contributed by atoms with Crippen LogP contribution in [0.15, 0.2) is 11.9 Å². The zero-order valence-corrected chi connectivity index (χ0v) is 3.96. The summed E-state index contributed by atoms with van der Waals surface area (Å²) in [5, 5.41) is 6.38. The number of nitrogens with one attached hydrogen (secondary N) is 1. The van der Waals surface area contributed by atoms with E-state index in [1.807, 2.05) is 0 Å². The van der Waals surface area contributed by atoms with Crippen molar-refractivity contribution in [2.45, 2.75) is 0 Å². The Bertz CT molecular complexity index is 48.9. The largest absolute Gasteiger partial charge is 0.309 e. The van der Waals surface area contributed by atoms with Crippen LogP contribution in [-0.2, 0) is 0 Å². The van der Waals surface area contributed by atoms with Gasteiger partial charge in [-0.1, -0.05) is 5.82 Å². The van der Waals surface area contributed by atoms with Gasteiger partial charge in [-0.2, -0.15) is 0 Å². The van der Waals surface area contributed by atoms with Gasteiger partial charge >= 0.3 is 0 Å². The van der Waals surface area contributed by atoms with E-state index in [4.69, 9.17) is 5.41 Å². The fourth-order valence-electron chi connectivity index (χ4n) is 0.0556. The van der Waals surface area contributed by atoms with Crippen molar-refractivity contribution in [3.8, 4) is 0 Å². The first-order chi connectivity index (χ1) is 2.41. The summed E-state index contributed by atoms with van der Waals surface area (Å²) in [5.41, 5.74) is 0. The second-order valence-corrected chi connectivity index (χ2v) is 0.936. The highest BCUT2D eigenvalue weighted by Crippen LogP contribution is 1.76. The SMILES string of the molecule is N=CC=CP. The predicted octanol–water partition coefficient (Wildman–Crippen LogP) is 1.02. The Morgan fingerprint density at radius 2 is 2.20 bits per heavy atom. The lowest BCUT2D eigenvalue weighted by Crippen LogP contribution is -1.45. The minimum atomic E-state index is 1.23. The molecule has 1 unspecified atom stereocenters. The molecule has 0 aromatic carbocycles. The van der Waals surface area contributed by atoms with Gasteiger partial charge in [-0.05, 0) is 6.08 Å². The standard InChI is InChI=1S/C3H6NP/c4-2-1-3-5/h1-4H,5H2. The Labute approximate surface area is 33.8 Å². The normalized spacial score (nSPS) is 9.00. The van der Waals surface area contributed by atoms with E-state index in [9.17, 15) is 0 Å². The Hall–Kier alpha value is -0.160. The van der Waals surface area contributed by atoms with Gasteiger partial charge in [-0.25, -0.2) is 0 Å². The van der Waals surface area contributed by atoms with Gasteiger partial charge in [0.25, 0.3) is 0 Å². The van der Waals surface area contributed by atoms with Crippen molar-refractivity contribution < 1.29 is 0 Å². The minimum absolute atomic E-state index is 1.23. The summed E-state index contributed by atoms with van der Waals surface area (Å²) in [6.07, 6.45) is 2.86. The molecule has 0 aromatic heterocycles. The number of hydrogen-bond donors (Lipinski definition) is 1. The first-order valence-electron chi connectivity index (χ1n) is 1.29. The van der Waals surface area contributed by atoms with Crippen LogP contribution in [0.1, 0.15) is 0 Å². The highest BCUT2D eigenvalue weighted by molar-refractivity contribution is 7.20. The van der Waals surface area contributed by atoms with Gasteiger partial charge in [0.05, 0.1) is 0 Å². The second-order valence-electron chi connectivity index (χ2n) is 0.552. The molecule has 0 aromatic rings. The smallest absolute Gasteiger partial charge is 0.0177 e. The molecule has 0 heterocycles. The summed E-state index contributed by atoms with van der Waals surface area (Å²) in [4.78, 5) is 0. The lowest BCUT2D eigenvalue weighted by Gasteiger charge is -1.55. The minimum Gasteiger partial charge on any atom is -0.309 e. The Kier molecular flexibility index (Phi) is 3.72. The Morgan fingerprint density at radius 3 is 2.20 bits per heavy atom. The molecule has 28 valence electrons. The number of allylic oxidation sites excluding steroid dienone is 1. The van der Waals surface area contributed by atoms with E-state index in [1.54, 1.807) is 11.9 Å². The van der Waals surface area contributed by atoms with Crippen LogP contribution < -0.4 is 0 Å². The van der Waals surface area contributed by atoms with Crippen LogP contribution in [0, 0.1) is 5.41 Å². The molecule has 0 radical (unpaired) electrons. The molecular formula is C3H6NP. The van der Waals surface area contributed by atoms with E-state index in [-0.39, 0.29) is 0 Å². The summed E-state index contributed by atoms with van der Waals surface area (Å²) in [7, 11) is 2.37. The fourth-order valence-corrected chi connectivity index (χ4v) is 0.167. The third-order valence-electron chi connectivity index (χ3n) is 0.207. The number of rotatable bonds is 1. The van der Waals surface area contributed by atoms with Crippen LogP contribution in [0.3, 0.4) is 0 Å². The summed E-state index contributed by atoms with van der Waals surface area (Å²) in [6, 6.07) is 0. The van der Waals surface area contributed by atoms with Gasteiger partial charge in [0.2, 0.25) is 0 Å². The average Bonchev–Trinajstić information content (AvgIpc) is 1.41. The van der Waals surface area contributed by atoms with E-state index in [0.717, 1.165) is 0 Å². The molecule has 0 aliphatic carbocycles. The van der Waals surface area contributed by atoms with Crippen molar-refractivity contribution in [2.24, 2.45) is 0 Å². The highest BCUT2D eigenvalue weighted by Gasteiger charge is 1.43. The molecule has 0 aliphatic rings. The molecular weight excluding hydrogens is 81.0 g/mol. The topological polar surface area (TPSA) is 23.9 Å². The third kappa shape index (κ3) is 3.84. The molecule has 0 bridgehead atoms. The molecule has 2 heteroatoms. The van der Waals surface area contributed by atoms with Crippen LogP contribution in [0.2, 0.25) is 0 Å². The molecule has 0 aliphatic heterocycles. The maximum atomic E-state index is 6.38. The van der Waals surface area contributed by atoms with Crippen molar-refractivity contribution in [3.63, 3.8) is 0 Å². The zero-order chi connectivity index (χ0) is 4.12. The first kappa shape index (κ1) is 4.84. The molecule has 0 fully saturated rings. The molecule has 0 amide bonds. The molecule has 0 saturated carbocycles. The first-order valence-corrected chi connectivity index (χ1v) is 1.96. The van der Waals surface area contributed by atoms with E-state index >= 15 is 0 Å². The Balaban J connectivity index is 2.92. The van der Waals surface area contributed by atoms with Gasteiger partial charge in [-0.15, -0.1) is 9.24 Å². The van der Waals surface area contributed by atoms with Crippen LogP contribution >= 0.6 is 9.24 Å². The summed E-state index contributed by atoms with van der Waals surface area (Å²) < 4.78 is 0. The van der Waals surface area contributed by atoms with Crippen molar-refractivity contribution in [2.75, 3.05) is 0 Å². The third-order valence-corrected chi connectivity index (χ3v) is 0.430. The van der Waals surface area contributed by atoms with Crippen LogP contribution in [0.25, 0.3) is 0 Å². The highest BCUT2D eigenvalue weighted by atomic mass is 31.0. The fraction of sp³-hybridized carbons (Fsp3) is 0. The number of hydrogen-bond acceptors (Lipinski definition) is 1. The van der Waals surface area contributed by atoms with Crippen molar-refractivity contribution in [3.05, 3.63) is 11.9 Å². The molecule has 0 spiro atoms. The Morgan fingerprint density at radius 1 is 1.60 bits per heavy atom. The maximum Gasteiger partial charge on any atom is 0.0177 e. The van der Waals surface area contributed by atoms with Gasteiger partial charge in [0.15, 0.2) is 0 Å². The van der Waals surface area contributed by atoms with E-state index in [0.29, 0.717) is 0 Å². The van der Waals surface area contributed by atoms with Gasteiger partial charge in [-0.3, -0.25) is 0 Å². The van der Waals surface area contributed by atoms with Crippen molar-refractivity contribution >= 4 is 15.5 Å². The van der Waals surface area contributed by atoms with Gasteiger partial charge < -0.3 is 5.41 Å². The summed E-state index contributed by atoms with van der Waals surface area (Å²) in [6.45, 7) is 0. The van der Waals surface area contributed by atoms with Crippen LogP contribution in [0.5, 0.6) is 0 Å². The molecule has 0 rings (SSSR count). The molecule has 0 saturated heterocycles. The predicted molar refractivity (Wildman–Crippen MR) is 27.6 cm³/mol.